The highest BCUT2D eigenvalue weighted by Gasteiger charge is 2.15. The van der Waals surface area contributed by atoms with E-state index in [9.17, 15) is 9.59 Å². The van der Waals surface area contributed by atoms with E-state index < -0.39 is 6.09 Å². The standard InChI is InChI=1S/C18H14N2O4/c1-20(2)18(22)23-10-7-8-11-13(9-10)19-17(21)15-12-5-3-4-6-14(12)24-16(11)15/h3-9H,1-2H3,(H,19,21). The van der Waals surface area contributed by atoms with E-state index in [2.05, 4.69) is 4.98 Å². The van der Waals surface area contributed by atoms with Gasteiger partial charge < -0.3 is 19.0 Å². The van der Waals surface area contributed by atoms with Crippen molar-refractivity contribution in [2.75, 3.05) is 14.1 Å². The maximum atomic E-state index is 12.5. The highest BCUT2D eigenvalue weighted by Crippen LogP contribution is 2.31. The monoisotopic (exact) mass is 322 g/mol. The molecule has 6 heteroatoms. The molecule has 4 aromatic rings. The van der Waals surface area contributed by atoms with Crippen LogP contribution in [0.1, 0.15) is 0 Å². The number of carbonyl (C=O) groups is 1. The third kappa shape index (κ3) is 2.11. The predicted octanol–water partition coefficient (Wildman–Crippen LogP) is 3.49. The summed E-state index contributed by atoms with van der Waals surface area (Å²) in [6.07, 6.45) is -0.485. The average molecular weight is 322 g/mol. The van der Waals surface area contributed by atoms with Crippen LogP contribution < -0.4 is 10.3 Å². The van der Waals surface area contributed by atoms with Crippen LogP contribution >= 0.6 is 0 Å². The minimum absolute atomic E-state index is 0.237. The van der Waals surface area contributed by atoms with E-state index in [1.165, 1.54) is 4.90 Å². The number of ether oxygens (including phenoxy) is 1. The van der Waals surface area contributed by atoms with Crippen molar-refractivity contribution in [3.8, 4) is 5.75 Å². The Bertz CT molecular complexity index is 1150. The van der Waals surface area contributed by atoms with Crippen molar-refractivity contribution in [1.82, 2.24) is 9.88 Å². The summed E-state index contributed by atoms with van der Waals surface area (Å²) in [5, 5.41) is 2.06. The Balaban J connectivity index is 1.96. The molecule has 0 fully saturated rings. The highest BCUT2D eigenvalue weighted by atomic mass is 16.6. The van der Waals surface area contributed by atoms with Crippen LogP contribution in [0.25, 0.3) is 32.8 Å². The number of nitrogens with one attached hydrogen (secondary N) is 1. The number of aromatic amines is 1. The third-order valence-electron chi connectivity index (χ3n) is 3.88. The van der Waals surface area contributed by atoms with Crippen molar-refractivity contribution in [3.63, 3.8) is 0 Å². The number of hydrogen-bond acceptors (Lipinski definition) is 4. The number of nitrogens with zero attached hydrogens (tertiary/aromatic N) is 1. The summed E-state index contributed by atoms with van der Waals surface area (Å²) in [5.74, 6) is 0.354. The first-order chi connectivity index (χ1) is 11.5. The number of para-hydroxylation sites is 1. The van der Waals surface area contributed by atoms with E-state index in [-0.39, 0.29) is 5.56 Å². The summed E-state index contributed by atoms with van der Waals surface area (Å²) in [6.45, 7) is 0. The molecule has 24 heavy (non-hydrogen) atoms. The van der Waals surface area contributed by atoms with Crippen molar-refractivity contribution in [1.29, 1.82) is 0 Å². The minimum atomic E-state index is -0.485. The minimum Gasteiger partial charge on any atom is -0.455 e. The second-order valence-corrected chi connectivity index (χ2v) is 5.73. The van der Waals surface area contributed by atoms with Crippen LogP contribution in [-0.2, 0) is 0 Å². The molecule has 6 nitrogen and oxygen atoms in total. The summed E-state index contributed by atoms with van der Waals surface area (Å²) >= 11 is 0. The van der Waals surface area contributed by atoms with Crippen molar-refractivity contribution in [2.24, 2.45) is 0 Å². The predicted molar refractivity (Wildman–Crippen MR) is 91.6 cm³/mol. The molecule has 4 rings (SSSR count). The van der Waals surface area contributed by atoms with Crippen LogP contribution in [0.15, 0.2) is 51.7 Å². The summed E-state index contributed by atoms with van der Waals surface area (Å²) in [7, 11) is 3.20. The van der Waals surface area contributed by atoms with Gasteiger partial charge in [-0.3, -0.25) is 4.79 Å². The molecule has 0 aliphatic heterocycles. The zero-order chi connectivity index (χ0) is 16.8. The SMILES string of the molecule is CN(C)C(=O)Oc1ccc2c(c1)[nH]c(=O)c1c3ccccc3oc21. The molecule has 0 saturated heterocycles. The first-order valence-electron chi connectivity index (χ1n) is 7.41. The van der Waals surface area contributed by atoms with E-state index in [0.29, 0.717) is 27.8 Å². The number of aromatic nitrogens is 1. The van der Waals surface area contributed by atoms with Crippen LogP contribution in [0.5, 0.6) is 5.75 Å². The Morgan fingerprint density at radius 3 is 2.71 bits per heavy atom. The molecule has 2 heterocycles. The van der Waals surface area contributed by atoms with E-state index in [1.807, 2.05) is 24.3 Å². The summed E-state index contributed by atoms with van der Waals surface area (Å²) < 4.78 is 11.1. The van der Waals surface area contributed by atoms with Crippen LogP contribution in [0.3, 0.4) is 0 Å². The van der Waals surface area contributed by atoms with Crippen molar-refractivity contribution in [2.45, 2.75) is 0 Å². The number of hydrogen-bond donors (Lipinski definition) is 1. The molecule has 0 unspecified atom stereocenters. The van der Waals surface area contributed by atoms with Gasteiger partial charge in [-0.05, 0) is 18.2 Å². The number of H-pyrrole nitrogens is 1. The van der Waals surface area contributed by atoms with Crippen LogP contribution in [0, 0.1) is 0 Å². The molecular weight excluding hydrogens is 308 g/mol. The maximum Gasteiger partial charge on any atom is 0.414 e. The number of amides is 1. The van der Waals surface area contributed by atoms with E-state index in [0.717, 1.165) is 10.8 Å². The molecule has 0 saturated carbocycles. The molecule has 1 amide bonds. The van der Waals surface area contributed by atoms with Gasteiger partial charge in [0.1, 0.15) is 16.9 Å². The van der Waals surface area contributed by atoms with Crippen molar-refractivity contribution < 1.29 is 13.9 Å². The number of furan rings is 1. The first kappa shape index (κ1) is 14.3. The average Bonchev–Trinajstić information content (AvgIpc) is 2.94. The Kier molecular flexibility index (Phi) is 3.06. The molecule has 2 aromatic heterocycles. The van der Waals surface area contributed by atoms with Crippen LogP contribution in [0.4, 0.5) is 4.79 Å². The van der Waals surface area contributed by atoms with Gasteiger partial charge in [-0.2, -0.15) is 0 Å². The van der Waals surface area contributed by atoms with Gasteiger partial charge in [-0.25, -0.2) is 4.79 Å². The summed E-state index contributed by atoms with van der Waals surface area (Å²) in [5.41, 5.74) is 1.50. The molecule has 0 bridgehead atoms. The van der Waals surface area contributed by atoms with Crippen LogP contribution in [-0.4, -0.2) is 30.1 Å². The Morgan fingerprint density at radius 2 is 1.92 bits per heavy atom. The fourth-order valence-electron chi connectivity index (χ4n) is 2.73. The zero-order valence-corrected chi connectivity index (χ0v) is 13.1. The van der Waals surface area contributed by atoms with Crippen molar-refractivity contribution in [3.05, 3.63) is 52.8 Å². The lowest BCUT2D eigenvalue weighted by Gasteiger charge is -2.11. The summed E-state index contributed by atoms with van der Waals surface area (Å²) in [6, 6.07) is 12.5. The normalized spacial score (nSPS) is 11.2. The molecule has 120 valence electrons. The number of rotatable bonds is 1. The smallest absolute Gasteiger partial charge is 0.414 e. The number of benzene rings is 2. The molecule has 0 atom stereocenters. The number of fused-ring (bicyclic) bond motifs is 5. The van der Waals surface area contributed by atoms with Gasteiger partial charge >= 0.3 is 6.09 Å². The van der Waals surface area contributed by atoms with E-state index in [4.69, 9.17) is 9.15 Å². The van der Waals surface area contributed by atoms with Gasteiger partial charge in [0.05, 0.1) is 10.9 Å². The van der Waals surface area contributed by atoms with Gasteiger partial charge in [-0.1, -0.05) is 18.2 Å². The number of carbonyl (C=O) groups excluding carboxylic acids is 1. The molecule has 1 N–H and O–H groups in total. The quantitative estimate of drug-likeness (QED) is 0.582. The van der Waals surface area contributed by atoms with Gasteiger partial charge in [-0.15, -0.1) is 0 Å². The zero-order valence-electron chi connectivity index (χ0n) is 13.1. The molecular formula is C18H14N2O4. The topological polar surface area (TPSA) is 75.5 Å². The fraction of sp³-hybridized carbons (Fsp3) is 0.111. The van der Waals surface area contributed by atoms with Gasteiger partial charge in [0.25, 0.3) is 5.56 Å². The lowest BCUT2D eigenvalue weighted by Crippen LogP contribution is -2.25. The Hall–Kier alpha value is -3.28. The van der Waals surface area contributed by atoms with Gasteiger partial charge in [0, 0.05) is 30.9 Å². The van der Waals surface area contributed by atoms with Crippen LogP contribution in [0.2, 0.25) is 0 Å². The molecule has 0 radical (unpaired) electrons. The van der Waals surface area contributed by atoms with E-state index in [1.54, 1.807) is 32.3 Å². The third-order valence-corrected chi connectivity index (χ3v) is 3.88. The van der Waals surface area contributed by atoms with Crippen molar-refractivity contribution >= 4 is 38.9 Å². The largest absolute Gasteiger partial charge is 0.455 e. The lowest BCUT2D eigenvalue weighted by atomic mass is 10.1. The molecule has 0 aliphatic rings. The lowest BCUT2D eigenvalue weighted by molar-refractivity contribution is 0.172. The molecule has 0 aliphatic carbocycles. The molecule has 0 spiro atoms. The van der Waals surface area contributed by atoms with Gasteiger partial charge in [0.2, 0.25) is 0 Å². The van der Waals surface area contributed by atoms with E-state index >= 15 is 0 Å². The maximum absolute atomic E-state index is 12.5. The highest BCUT2D eigenvalue weighted by molar-refractivity contribution is 6.13. The fourth-order valence-corrected chi connectivity index (χ4v) is 2.73. The second kappa shape index (κ2) is 5.13. The first-order valence-corrected chi connectivity index (χ1v) is 7.41. The molecule has 2 aromatic carbocycles. The Labute approximate surface area is 136 Å². The second-order valence-electron chi connectivity index (χ2n) is 5.73. The number of pyridine rings is 1. The van der Waals surface area contributed by atoms with Gasteiger partial charge in [0.15, 0.2) is 0 Å². The Morgan fingerprint density at radius 1 is 1.12 bits per heavy atom. The summed E-state index contributed by atoms with van der Waals surface area (Å²) in [4.78, 5) is 28.3.